The minimum absolute atomic E-state index is 0.204. The lowest BCUT2D eigenvalue weighted by atomic mass is 10.1. The van der Waals surface area contributed by atoms with E-state index in [0.29, 0.717) is 19.0 Å². The minimum atomic E-state index is -0.816. The minimum Gasteiger partial charge on any atom is -0.491 e. The Bertz CT molecular complexity index is 383. The summed E-state index contributed by atoms with van der Waals surface area (Å²) in [6, 6.07) is 4.45. The van der Waals surface area contributed by atoms with Crippen molar-refractivity contribution in [2.24, 2.45) is 0 Å². The Kier molecular flexibility index (Phi) is 5.11. The molecular weight excluding hydrogens is 235 g/mol. The molecule has 0 fully saturated rings. The topological polar surface area (TPSA) is 38.7 Å². The van der Waals surface area contributed by atoms with Gasteiger partial charge in [-0.25, -0.2) is 4.39 Å². The van der Waals surface area contributed by atoms with Crippen LogP contribution < -0.4 is 4.74 Å². The Hall–Kier alpha value is -1.13. The Labute approximate surface area is 108 Å². The summed E-state index contributed by atoms with van der Waals surface area (Å²) >= 11 is 0. The van der Waals surface area contributed by atoms with E-state index < -0.39 is 11.9 Å². The van der Waals surface area contributed by atoms with Gasteiger partial charge < -0.3 is 14.6 Å². The standard InChI is InChI=1S/C14H21FO3/c1-10(16)12-6-5-11(9-13(12)15)17-7-8-18-14(2,3)4/h5-6,9-10,16H,7-8H2,1-4H3/t10-/m0/s1. The van der Waals surface area contributed by atoms with Crippen molar-refractivity contribution in [2.45, 2.75) is 39.4 Å². The number of hydrogen-bond acceptors (Lipinski definition) is 3. The third kappa shape index (κ3) is 5.02. The molecule has 0 saturated heterocycles. The first-order valence-corrected chi connectivity index (χ1v) is 6.04. The summed E-state index contributed by atoms with van der Waals surface area (Å²) in [6.45, 7) is 8.22. The second-order valence-electron chi connectivity index (χ2n) is 5.17. The van der Waals surface area contributed by atoms with E-state index in [4.69, 9.17) is 9.47 Å². The Morgan fingerprint density at radius 3 is 2.44 bits per heavy atom. The molecule has 0 spiro atoms. The highest BCUT2D eigenvalue weighted by Crippen LogP contribution is 2.21. The molecule has 0 saturated carbocycles. The molecule has 102 valence electrons. The van der Waals surface area contributed by atoms with Gasteiger partial charge in [-0.15, -0.1) is 0 Å². The molecule has 0 amide bonds. The molecular formula is C14H21FO3. The first-order valence-electron chi connectivity index (χ1n) is 6.04. The van der Waals surface area contributed by atoms with E-state index in [9.17, 15) is 9.50 Å². The zero-order valence-corrected chi connectivity index (χ0v) is 11.4. The predicted octanol–water partition coefficient (Wildman–Crippen LogP) is 3.07. The molecule has 0 bridgehead atoms. The van der Waals surface area contributed by atoms with Crippen LogP contribution in [0.1, 0.15) is 39.4 Å². The molecule has 0 aliphatic heterocycles. The van der Waals surface area contributed by atoms with Crippen LogP contribution in [-0.4, -0.2) is 23.9 Å². The Balaban J connectivity index is 2.47. The van der Waals surface area contributed by atoms with Gasteiger partial charge in [-0.05, 0) is 39.8 Å². The van der Waals surface area contributed by atoms with Crippen molar-refractivity contribution < 1.29 is 19.0 Å². The van der Waals surface area contributed by atoms with Crippen molar-refractivity contribution in [1.82, 2.24) is 0 Å². The Morgan fingerprint density at radius 2 is 1.94 bits per heavy atom. The van der Waals surface area contributed by atoms with Gasteiger partial charge in [0.1, 0.15) is 18.2 Å². The summed E-state index contributed by atoms with van der Waals surface area (Å²) in [5, 5.41) is 9.30. The van der Waals surface area contributed by atoms with Gasteiger partial charge in [-0.2, -0.15) is 0 Å². The van der Waals surface area contributed by atoms with Crippen LogP contribution in [0.4, 0.5) is 4.39 Å². The van der Waals surface area contributed by atoms with Crippen molar-refractivity contribution in [3.8, 4) is 5.75 Å². The second-order valence-corrected chi connectivity index (χ2v) is 5.17. The summed E-state index contributed by atoms with van der Waals surface area (Å²) < 4.78 is 24.4. The third-order valence-electron chi connectivity index (χ3n) is 2.31. The highest BCUT2D eigenvalue weighted by molar-refractivity contribution is 5.29. The summed E-state index contributed by atoms with van der Waals surface area (Å²) in [5.41, 5.74) is 0.0680. The number of hydrogen-bond donors (Lipinski definition) is 1. The number of halogens is 1. The summed E-state index contributed by atoms with van der Waals surface area (Å²) in [6.07, 6.45) is -0.816. The first kappa shape index (κ1) is 14.9. The van der Waals surface area contributed by atoms with Crippen molar-refractivity contribution in [1.29, 1.82) is 0 Å². The van der Waals surface area contributed by atoms with E-state index in [1.54, 1.807) is 6.07 Å². The highest BCUT2D eigenvalue weighted by atomic mass is 19.1. The van der Waals surface area contributed by atoms with Gasteiger partial charge in [-0.1, -0.05) is 0 Å². The summed E-state index contributed by atoms with van der Waals surface area (Å²) in [7, 11) is 0. The van der Waals surface area contributed by atoms with Crippen LogP contribution in [0.15, 0.2) is 18.2 Å². The van der Waals surface area contributed by atoms with Gasteiger partial charge in [0.05, 0.1) is 18.3 Å². The second kappa shape index (κ2) is 6.16. The maximum absolute atomic E-state index is 13.5. The fraction of sp³-hybridized carbons (Fsp3) is 0.571. The van der Waals surface area contributed by atoms with Crippen LogP contribution in [0.2, 0.25) is 0 Å². The molecule has 1 rings (SSSR count). The lowest BCUT2D eigenvalue weighted by Crippen LogP contribution is -2.22. The molecule has 0 radical (unpaired) electrons. The molecule has 1 atom stereocenters. The fourth-order valence-electron chi connectivity index (χ4n) is 1.44. The van der Waals surface area contributed by atoms with Gasteiger partial charge in [0.2, 0.25) is 0 Å². The largest absolute Gasteiger partial charge is 0.491 e. The Morgan fingerprint density at radius 1 is 1.28 bits per heavy atom. The SMILES string of the molecule is C[C@H](O)c1ccc(OCCOC(C)(C)C)cc1F. The van der Waals surface area contributed by atoms with E-state index in [2.05, 4.69) is 0 Å². The molecule has 1 aromatic carbocycles. The van der Waals surface area contributed by atoms with Crippen LogP contribution >= 0.6 is 0 Å². The van der Waals surface area contributed by atoms with Crippen LogP contribution in [0.3, 0.4) is 0 Å². The van der Waals surface area contributed by atoms with Crippen molar-refractivity contribution in [3.63, 3.8) is 0 Å². The smallest absolute Gasteiger partial charge is 0.132 e. The van der Waals surface area contributed by atoms with Gasteiger partial charge in [0.25, 0.3) is 0 Å². The molecule has 0 heterocycles. The van der Waals surface area contributed by atoms with Crippen LogP contribution in [0.25, 0.3) is 0 Å². The number of rotatable bonds is 5. The zero-order chi connectivity index (χ0) is 13.8. The van der Waals surface area contributed by atoms with Crippen molar-refractivity contribution in [2.75, 3.05) is 13.2 Å². The van der Waals surface area contributed by atoms with Crippen LogP contribution in [0, 0.1) is 5.82 Å². The molecule has 18 heavy (non-hydrogen) atoms. The van der Waals surface area contributed by atoms with Gasteiger partial charge in [0.15, 0.2) is 0 Å². The van der Waals surface area contributed by atoms with E-state index in [1.807, 2.05) is 20.8 Å². The molecule has 0 aliphatic carbocycles. The third-order valence-corrected chi connectivity index (χ3v) is 2.31. The molecule has 0 unspecified atom stereocenters. The quantitative estimate of drug-likeness (QED) is 0.823. The lowest BCUT2D eigenvalue weighted by molar-refractivity contribution is -0.0163. The monoisotopic (exact) mass is 256 g/mol. The average Bonchev–Trinajstić information content (AvgIpc) is 2.22. The van der Waals surface area contributed by atoms with E-state index in [1.165, 1.54) is 19.1 Å². The number of ether oxygens (including phenoxy) is 2. The molecule has 1 aromatic rings. The van der Waals surface area contributed by atoms with Crippen molar-refractivity contribution >= 4 is 0 Å². The zero-order valence-electron chi connectivity index (χ0n) is 11.4. The predicted molar refractivity (Wildman–Crippen MR) is 68.2 cm³/mol. The number of aliphatic hydroxyl groups excluding tert-OH is 1. The van der Waals surface area contributed by atoms with Crippen LogP contribution in [-0.2, 0) is 4.74 Å². The molecule has 0 aliphatic rings. The number of benzene rings is 1. The fourth-order valence-corrected chi connectivity index (χ4v) is 1.44. The maximum Gasteiger partial charge on any atom is 0.132 e. The van der Waals surface area contributed by atoms with E-state index in [0.717, 1.165) is 0 Å². The first-order chi connectivity index (χ1) is 8.29. The lowest BCUT2D eigenvalue weighted by Gasteiger charge is -2.19. The average molecular weight is 256 g/mol. The van der Waals surface area contributed by atoms with Crippen LogP contribution in [0.5, 0.6) is 5.75 Å². The molecule has 4 heteroatoms. The van der Waals surface area contributed by atoms with Crippen molar-refractivity contribution in [3.05, 3.63) is 29.6 Å². The van der Waals surface area contributed by atoms with Gasteiger partial charge >= 0.3 is 0 Å². The van der Waals surface area contributed by atoms with E-state index >= 15 is 0 Å². The van der Waals surface area contributed by atoms with E-state index in [-0.39, 0.29) is 11.2 Å². The maximum atomic E-state index is 13.5. The van der Waals surface area contributed by atoms with Gasteiger partial charge in [0, 0.05) is 11.6 Å². The normalized spacial score (nSPS) is 13.4. The summed E-state index contributed by atoms with van der Waals surface area (Å²) in [5.74, 6) is -0.0198. The molecule has 3 nitrogen and oxygen atoms in total. The number of aliphatic hydroxyl groups is 1. The highest BCUT2D eigenvalue weighted by Gasteiger charge is 2.11. The molecule has 0 aromatic heterocycles. The van der Waals surface area contributed by atoms with Gasteiger partial charge in [-0.3, -0.25) is 0 Å². The summed E-state index contributed by atoms with van der Waals surface area (Å²) in [4.78, 5) is 0. The molecule has 1 N–H and O–H groups in total.